The first-order valence-corrected chi connectivity index (χ1v) is 18.5. The molecular formula is C37H74O2. The zero-order valence-electron chi connectivity index (χ0n) is 27.4. The molecule has 0 aromatic heterocycles. The van der Waals surface area contributed by atoms with E-state index in [1.54, 1.807) is 0 Å². The van der Waals surface area contributed by atoms with Crippen molar-refractivity contribution < 1.29 is 9.53 Å². The SMILES string of the molecule is CCCCCCCCCCCCCCCCCCCCCCCCCCCCOC(=O)CCCCCCCC. The lowest BCUT2D eigenvalue weighted by Crippen LogP contribution is -2.05. The van der Waals surface area contributed by atoms with E-state index >= 15 is 0 Å². The smallest absolute Gasteiger partial charge is 0.305 e. The van der Waals surface area contributed by atoms with Crippen LogP contribution in [0.15, 0.2) is 0 Å². The van der Waals surface area contributed by atoms with Crippen molar-refractivity contribution in [2.24, 2.45) is 0 Å². The van der Waals surface area contributed by atoms with Gasteiger partial charge in [-0.1, -0.05) is 206 Å². The summed E-state index contributed by atoms with van der Waals surface area (Å²) in [7, 11) is 0. The average molecular weight is 551 g/mol. The lowest BCUT2D eigenvalue weighted by Gasteiger charge is -2.06. The van der Waals surface area contributed by atoms with Crippen LogP contribution in [0.2, 0.25) is 0 Å². The fourth-order valence-corrected chi connectivity index (χ4v) is 5.73. The third-order valence-corrected chi connectivity index (χ3v) is 8.50. The highest BCUT2D eigenvalue weighted by molar-refractivity contribution is 5.69. The molecule has 39 heavy (non-hydrogen) atoms. The number of hydrogen-bond donors (Lipinski definition) is 0. The molecule has 0 radical (unpaired) electrons. The van der Waals surface area contributed by atoms with Gasteiger partial charge in [0.1, 0.15) is 0 Å². The Morgan fingerprint density at radius 1 is 0.333 bits per heavy atom. The van der Waals surface area contributed by atoms with Gasteiger partial charge in [-0.25, -0.2) is 0 Å². The third-order valence-electron chi connectivity index (χ3n) is 8.50. The lowest BCUT2D eigenvalue weighted by atomic mass is 10.0. The van der Waals surface area contributed by atoms with Gasteiger partial charge in [0.05, 0.1) is 6.61 Å². The Morgan fingerprint density at radius 2 is 0.564 bits per heavy atom. The van der Waals surface area contributed by atoms with E-state index in [0.29, 0.717) is 13.0 Å². The standard InChI is InChI=1S/C37H74O2/c1-3-5-7-9-11-12-13-14-15-16-17-18-19-20-21-22-23-24-25-26-27-28-29-30-32-34-36-39-37(38)35-33-31-10-8-6-4-2/h3-36H2,1-2H3. The monoisotopic (exact) mass is 551 g/mol. The van der Waals surface area contributed by atoms with Crippen LogP contribution in [-0.4, -0.2) is 12.6 Å². The van der Waals surface area contributed by atoms with Crippen molar-refractivity contribution in [2.45, 2.75) is 226 Å². The molecule has 0 rings (SSSR count). The van der Waals surface area contributed by atoms with Crippen molar-refractivity contribution in [1.29, 1.82) is 0 Å². The molecule has 0 aliphatic rings. The summed E-state index contributed by atoms with van der Waals surface area (Å²) < 4.78 is 5.39. The number of ether oxygens (including phenoxy) is 1. The molecule has 0 amide bonds. The molecule has 0 saturated carbocycles. The Labute approximate surface area is 247 Å². The lowest BCUT2D eigenvalue weighted by molar-refractivity contribution is -0.143. The Hall–Kier alpha value is -0.530. The summed E-state index contributed by atoms with van der Waals surface area (Å²) in [6, 6.07) is 0. The molecule has 0 fully saturated rings. The summed E-state index contributed by atoms with van der Waals surface area (Å²) in [6.45, 7) is 5.17. The molecule has 0 atom stereocenters. The van der Waals surface area contributed by atoms with E-state index in [1.807, 2.05) is 0 Å². The van der Waals surface area contributed by atoms with Crippen molar-refractivity contribution in [1.82, 2.24) is 0 Å². The van der Waals surface area contributed by atoms with Crippen molar-refractivity contribution in [3.05, 3.63) is 0 Å². The van der Waals surface area contributed by atoms with Crippen molar-refractivity contribution in [2.75, 3.05) is 6.61 Å². The summed E-state index contributed by atoms with van der Waals surface area (Å²) in [6.07, 6.45) is 44.8. The van der Waals surface area contributed by atoms with Gasteiger partial charge in [-0.3, -0.25) is 4.79 Å². The maximum absolute atomic E-state index is 11.8. The van der Waals surface area contributed by atoms with E-state index < -0.39 is 0 Å². The summed E-state index contributed by atoms with van der Waals surface area (Å²) >= 11 is 0. The highest BCUT2D eigenvalue weighted by Gasteiger charge is 2.02. The highest BCUT2D eigenvalue weighted by atomic mass is 16.5. The molecule has 0 N–H and O–H groups in total. The maximum atomic E-state index is 11.8. The van der Waals surface area contributed by atoms with E-state index in [2.05, 4.69) is 13.8 Å². The van der Waals surface area contributed by atoms with E-state index in [-0.39, 0.29) is 5.97 Å². The van der Waals surface area contributed by atoms with E-state index in [4.69, 9.17) is 4.74 Å². The molecule has 0 saturated heterocycles. The molecule has 0 spiro atoms. The largest absolute Gasteiger partial charge is 0.466 e. The maximum Gasteiger partial charge on any atom is 0.305 e. The van der Waals surface area contributed by atoms with Gasteiger partial charge in [-0.15, -0.1) is 0 Å². The molecule has 0 aliphatic carbocycles. The van der Waals surface area contributed by atoms with Crippen LogP contribution in [0.25, 0.3) is 0 Å². The third kappa shape index (κ3) is 35.4. The first kappa shape index (κ1) is 38.5. The van der Waals surface area contributed by atoms with Crippen LogP contribution in [0.3, 0.4) is 0 Å². The Balaban J connectivity index is 3.09. The van der Waals surface area contributed by atoms with Gasteiger partial charge in [-0.05, 0) is 12.8 Å². The van der Waals surface area contributed by atoms with Crippen molar-refractivity contribution >= 4 is 5.97 Å². The summed E-state index contributed by atoms with van der Waals surface area (Å²) in [5.74, 6) is 0.0186. The zero-order chi connectivity index (χ0) is 28.3. The van der Waals surface area contributed by atoms with Crippen LogP contribution in [0.5, 0.6) is 0 Å². The van der Waals surface area contributed by atoms with Gasteiger partial charge in [0.2, 0.25) is 0 Å². The van der Waals surface area contributed by atoms with Crippen LogP contribution in [0, 0.1) is 0 Å². The number of esters is 1. The first-order valence-electron chi connectivity index (χ1n) is 18.5. The van der Waals surface area contributed by atoms with E-state index in [1.165, 1.54) is 193 Å². The zero-order valence-corrected chi connectivity index (χ0v) is 27.4. The molecule has 0 aromatic rings. The van der Waals surface area contributed by atoms with Gasteiger partial charge in [-0.2, -0.15) is 0 Å². The second-order valence-corrected chi connectivity index (χ2v) is 12.6. The summed E-state index contributed by atoms with van der Waals surface area (Å²) in [4.78, 5) is 11.8. The minimum absolute atomic E-state index is 0.0186. The Morgan fingerprint density at radius 3 is 0.846 bits per heavy atom. The van der Waals surface area contributed by atoms with Crippen LogP contribution in [0.4, 0.5) is 0 Å². The second-order valence-electron chi connectivity index (χ2n) is 12.6. The molecule has 0 unspecified atom stereocenters. The van der Waals surface area contributed by atoms with Gasteiger partial charge in [0.15, 0.2) is 0 Å². The number of hydrogen-bond acceptors (Lipinski definition) is 2. The van der Waals surface area contributed by atoms with Crippen LogP contribution in [0.1, 0.15) is 226 Å². The van der Waals surface area contributed by atoms with E-state index in [9.17, 15) is 4.79 Å². The Kier molecular flexibility index (Phi) is 35.0. The summed E-state index contributed by atoms with van der Waals surface area (Å²) in [5.41, 5.74) is 0. The summed E-state index contributed by atoms with van der Waals surface area (Å²) in [5, 5.41) is 0. The molecule has 0 aromatic carbocycles. The minimum atomic E-state index is 0.0186. The molecule has 234 valence electrons. The van der Waals surface area contributed by atoms with Crippen LogP contribution >= 0.6 is 0 Å². The fourth-order valence-electron chi connectivity index (χ4n) is 5.73. The normalized spacial score (nSPS) is 11.3. The van der Waals surface area contributed by atoms with Crippen molar-refractivity contribution in [3.63, 3.8) is 0 Å². The predicted octanol–water partition coefficient (Wildman–Crippen LogP) is 13.4. The van der Waals surface area contributed by atoms with Crippen molar-refractivity contribution in [3.8, 4) is 0 Å². The van der Waals surface area contributed by atoms with Gasteiger partial charge in [0, 0.05) is 6.42 Å². The first-order chi connectivity index (χ1) is 19.3. The topological polar surface area (TPSA) is 26.3 Å². The highest BCUT2D eigenvalue weighted by Crippen LogP contribution is 2.16. The van der Waals surface area contributed by atoms with Gasteiger partial charge < -0.3 is 4.74 Å². The minimum Gasteiger partial charge on any atom is -0.466 e. The second kappa shape index (κ2) is 35.5. The number of carbonyl (C=O) groups excluding carboxylic acids is 1. The van der Waals surface area contributed by atoms with Gasteiger partial charge in [0.25, 0.3) is 0 Å². The number of carbonyl (C=O) groups is 1. The molecule has 0 heterocycles. The quantitative estimate of drug-likeness (QED) is 0.0588. The molecular weight excluding hydrogens is 476 g/mol. The van der Waals surface area contributed by atoms with Crippen LogP contribution < -0.4 is 0 Å². The average Bonchev–Trinajstić information content (AvgIpc) is 2.94. The number of unbranched alkanes of at least 4 members (excludes halogenated alkanes) is 30. The molecule has 0 aliphatic heterocycles. The molecule has 2 heteroatoms. The van der Waals surface area contributed by atoms with E-state index in [0.717, 1.165) is 12.8 Å². The fraction of sp³-hybridized carbons (Fsp3) is 0.973. The predicted molar refractivity (Wildman–Crippen MR) is 175 cm³/mol. The molecule has 0 bridgehead atoms. The molecule has 2 nitrogen and oxygen atoms in total. The van der Waals surface area contributed by atoms with Crippen LogP contribution in [-0.2, 0) is 9.53 Å². The number of rotatable bonds is 34. The Bertz CT molecular complexity index is 447. The van der Waals surface area contributed by atoms with Gasteiger partial charge >= 0.3 is 5.97 Å².